The maximum atomic E-state index is 13.3. The van der Waals surface area contributed by atoms with Crippen LogP contribution in [0.1, 0.15) is 5.69 Å². The molecule has 0 fully saturated rings. The van der Waals surface area contributed by atoms with Gasteiger partial charge in [0.1, 0.15) is 5.82 Å². The first-order chi connectivity index (χ1) is 8.63. The van der Waals surface area contributed by atoms with Crippen LogP contribution in [0.4, 0.5) is 10.3 Å². The number of anilines is 1. The second kappa shape index (κ2) is 3.83. The van der Waals surface area contributed by atoms with Gasteiger partial charge in [-0.1, -0.05) is 0 Å². The van der Waals surface area contributed by atoms with Gasteiger partial charge < -0.3 is 10.3 Å². The Labute approximate surface area is 103 Å². The van der Waals surface area contributed by atoms with Gasteiger partial charge in [0, 0.05) is 13.2 Å². The van der Waals surface area contributed by atoms with Crippen LogP contribution in [-0.2, 0) is 13.6 Å². The molecule has 0 saturated heterocycles. The van der Waals surface area contributed by atoms with Crippen molar-refractivity contribution >= 4 is 17.0 Å². The molecule has 2 heterocycles. The van der Waals surface area contributed by atoms with E-state index in [4.69, 9.17) is 5.73 Å². The number of nitrogen functional groups attached to an aromatic ring is 1. The van der Waals surface area contributed by atoms with Crippen molar-refractivity contribution in [2.45, 2.75) is 6.54 Å². The van der Waals surface area contributed by atoms with E-state index >= 15 is 0 Å². The standard InChI is InChI=1S/C12H12FN5/c1-17-5-4-9(16-17)7-18-11-6-8(13)2-3-10(11)15-12(18)14/h2-6H,7H2,1H3,(H2,14,15). The first-order valence-corrected chi connectivity index (χ1v) is 5.53. The molecule has 92 valence electrons. The topological polar surface area (TPSA) is 61.7 Å². The van der Waals surface area contributed by atoms with Gasteiger partial charge in [-0.2, -0.15) is 5.10 Å². The van der Waals surface area contributed by atoms with Crippen molar-refractivity contribution in [3.8, 4) is 0 Å². The van der Waals surface area contributed by atoms with E-state index in [0.29, 0.717) is 23.5 Å². The number of benzene rings is 1. The number of hydrogen-bond donors (Lipinski definition) is 1. The van der Waals surface area contributed by atoms with E-state index in [9.17, 15) is 4.39 Å². The Bertz CT molecular complexity index is 712. The normalized spacial score (nSPS) is 11.2. The molecule has 0 spiro atoms. The molecular weight excluding hydrogens is 233 g/mol. The zero-order valence-electron chi connectivity index (χ0n) is 9.84. The highest BCUT2D eigenvalue weighted by Gasteiger charge is 2.10. The molecule has 18 heavy (non-hydrogen) atoms. The number of fused-ring (bicyclic) bond motifs is 1. The first-order valence-electron chi connectivity index (χ1n) is 5.53. The highest BCUT2D eigenvalue weighted by molar-refractivity contribution is 5.78. The fourth-order valence-corrected chi connectivity index (χ4v) is 1.99. The minimum Gasteiger partial charge on any atom is -0.369 e. The highest BCUT2D eigenvalue weighted by atomic mass is 19.1. The second-order valence-corrected chi connectivity index (χ2v) is 4.17. The SMILES string of the molecule is Cn1ccc(Cn2c(N)nc3ccc(F)cc32)n1. The Balaban J connectivity index is 2.10. The van der Waals surface area contributed by atoms with Gasteiger partial charge in [0.2, 0.25) is 5.95 Å². The molecular formula is C12H12FN5. The average Bonchev–Trinajstić information content (AvgIpc) is 2.86. The summed E-state index contributed by atoms with van der Waals surface area (Å²) in [6, 6.07) is 6.32. The average molecular weight is 245 g/mol. The number of nitrogens with zero attached hydrogens (tertiary/aromatic N) is 4. The molecule has 0 aliphatic heterocycles. The van der Waals surface area contributed by atoms with Crippen LogP contribution >= 0.6 is 0 Å². The summed E-state index contributed by atoms with van der Waals surface area (Å²) in [4.78, 5) is 4.20. The van der Waals surface area contributed by atoms with Crippen LogP contribution in [0, 0.1) is 5.82 Å². The number of nitrogens with two attached hydrogens (primary N) is 1. The summed E-state index contributed by atoms with van der Waals surface area (Å²) in [6.07, 6.45) is 1.85. The maximum absolute atomic E-state index is 13.3. The lowest BCUT2D eigenvalue weighted by Crippen LogP contribution is -2.05. The molecule has 0 amide bonds. The molecule has 0 saturated carbocycles. The molecule has 0 unspecified atom stereocenters. The number of aromatic nitrogens is 4. The van der Waals surface area contributed by atoms with Crippen molar-refractivity contribution in [3.63, 3.8) is 0 Å². The number of halogens is 1. The van der Waals surface area contributed by atoms with Gasteiger partial charge in [0.05, 0.1) is 23.3 Å². The second-order valence-electron chi connectivity index (χ2n) is 4.17. The smallest absolute Gasteiger partial charge is 0.201 e. The monoisotopic (exact) mass is 245 g/mol. The molecule has 5 nitrogen and oxygen atoms in total. The Morgan fingerprint density at radius 1 is 1.33 bits per heavy atom. The Morgan fingerprint density at radius 2 is 2.17 bits per heavy atom. The van der Waals surface area contributed by atoms with Crippen LogP contribution in [0.3, 0.4) is 0 Å². The summed E-state index contributed by atoms with van der Waals surface area (Å²) in [5.41, 5.74) is 8.07. The van der Waals surface area contributed by atoms with Gasteiger partial charge in [0.25, 0.3) is 0 Å². The van der Waals surface area contributed by atoms with Crippen LogP contribution in [0.2, 0.25) is 0 Å². The van der Waals surface area contributed by atoms with Crippen molar-refractivity contribution in [2.24, 2.45) is 7.05 Å². The van der Waals surface area contributed by atoms with Gasteiger partial charge in [-0.15, -0.1) is 0 Å². The van der Waals surface area contributed by atoms with E-state index in [1.165, 1.54) is 12.1 Å². The van der Waals surface area contributed by atoms with E-state index in [1.807, 2.05) is 19.3 Å². The molecule has 0 radical (unpaired) electrons. The minimum atomic E-state index is -0.301. The minimum absolute atomic E-state index is 0.301. The van der Waals surface area contributed by atoms with E-state index in [0.717, 1.165) is 5.69 Å². The van der Waals surface area contributed by atoms with Crippen LogP contribution in [0.15, 0.2) is 30.5 Å². The zero-order chi connectivity index (χ0) is 12.7. The number of hydrogen-bond acceptors (Lipinski definition) is 3. The molecule has 2 aromatic heterocycles. The summed E-state index contributed by atoms with van der Waals surface area (Å²) >= 11 is 0. The van der Waals surface area contributed by atoms with E-state index in [1.54, 1.807) is 15.3 Å². The van der Waals surface area contributed by atoms with Crippen molar-refractivity contribution in [1.82, 2.24) is 19.3 Å². The summed E-state index contributed by atoms with van der Waals surface area (Å²) in [6.45, 7) is 0.479. The molecule has 0 atom stereocenters. The third-order valence-corrected chi connectivity index (χ3v) is 2.83. The largest absolute Gasteiger partial charge is 0.369 e. The predicted octanol–water partition coefficient (Wildman–Crippen LogP) is 1.54. The summed E-state index contributed by atoms with van der Waals surface area (Å²) < 4.78 is 16.7. The maximum Gasteiger partial charge on any atom is 0.201 e. The lowest BCUT2D eigenvalue weighted by molar-refractivity contribution is 0.628. The molecule has 6 heteroatoms. The van der Waals surface area contributed by atoms with Crippen LogP contribution in [0.25, 0.3) is 11.0 Å². The molecule has 3 aromatic rings. The van der Waals surface area contributed by atoms with Crippen LogP contribution < -0.4 is 5.73 Å². The Hall–Kier alpha value is -2.37. The van der Waals surface area contributed by atoms with E-state index in [-0.39, 0.29) is 5.82 Å². The van der Waals surface area contributed by atoms with Crippen molar-refractivity contribution in [3.05, 3.63) is 42.0 Å². The fraction of sp³-hybridized carbons (Fsp3) is 0.167. The van der Waals surface area contributed by atoms with Crippen LogP contribution in [0.5, 0.6) is 0 Å². The first kappa shape index (κ1) is 10.8. The highest BCUT2D eigenvalue weighted by Crippen LogP contribution is 2.19. The zero-order valence-corrected chi connectivity index (χ0v) is 9.84. The van der Waals surface area contributed by atoms with E-state index in [2.05, 4.69) is 10.1 Å². The van der Waals surface area contributed by atoms with Gasteiger partial charge in [0.15, 0.2) is 0 Å². The quantitative estimate of drug-likeness (QED) is 0.745. The molecule has 3 rings (SSSR count). The van der Waals surface area contributed by atoms with Gasteiger partial charge in [-0.05, 0) is 24.3 Å². The summed E-state index contributed by atoms with van der Waals surface area (Å²) in [5.74, 6) is 0.0610. The summed E-state index contributed by atoms with van der Waals surface area (Å²) in [5, 5.41) is 4.27. The van der Waals surface area contributed by atoms with Crippen molar-refractivity contribution in [2.75, 3.05) is 5.73 Å². The van der Waals surface area contributed by atoms with Gasteiger partial charge in [-0.25, -0.2) is 9.37 Å². The lowest BCUT2D eigenvalue weighted by Gasteiger charge is -2.03. The number of imidazole rings is 1. The molecule has 1 aromatic carbocycles. The number of aryl methyl sites for hydroxylation is 1. The third kappa shape index (κ3) is 1.71. The Morgan fingerprint density at radius 3 is 2.89 bits per heavy atom. The van der Waals surface area contributed by atoms with Gasteiger partial charge in [-0.3, -0.25) is 4.68 Å². The molecule has 0 aliphatic carbocycles. The predicted molar refractivity (Wildman–Crippen MR) is 66.4 cm³/mol. The van der Waals surface area contributed by atoms with E-state index < -0.39 is 0 Å². The fourth-order valence-electron chi connectivity index (χ4n) is 1.99. The molecule has 0 bridgehead atoms. The van der Waals surface area contributed by atoms with Gasteiger partial charge >= 0.3 is 0 Å². The number of rotatable bonds is 2. The lowest BCUT2D eigenvalue weighted by atomic mass is 10.3. The van der Waals surface area contributed by atoms with Crippen molar-refractivity contribution in [1.29, 1.82) is 0 Å². The Kier molecular flexibility index (Phi) is 2.29. The summed E-state index contributed by atoms with van der Waals surface area (Å²) in [7, 11) is 1.85. The van der Waals surface area contributed by atoms with Crippen molar-refractivity contribution < 1.29 is 4.39 Å². The molecule has 0 aliphatic rings. The third-order valence-electron chi connectivity index (χ3n) is 2.83. The van der Waals surface area contributed by atoms with Crippen LogP contribution in [-0.4, -0.2) is 19.3 Å². The molecule has 2 N–H and O–H groups in total.